The van der Waals surface area contributed by atoms with Crippen LogP contribution >= 0.6 is 15.9 Å². The fraction of sp³-hybridized carbons (Fsp3) is 0.273. The Morgan fingerprint density at radius 3 is 2.72 bits per heavy atom. The van der Waals surface area contributed by atoms with Gasteiger partial charge in [-0.25, -0.2) is 4.79 Å². The van der Waals surface area contributed by atoms with Crippen molar-refractivity contribution in [3.05, 3.63) is 38.9 Å². The van der Waals surface area contributed by atoms with Crippen LogP contribution in [0.3, 0.4) is 0 Å². The summed E-state index contributed by atoms with van der Waals surface area (Å²) in [5, 5.41) is 20.0. The predicted octanol–water partition coefficient (Wildman–Crippen LogP) is 2.54. The number of alkyl halides is 1. The van der Waals surface area contributed by atoms with Crippen molar-refractivity contribution in [2.75, 3.05) is 6.61 Å². The second-order valence-electron chi connectivity index (χ2n) is 3.21. The monoisotopic (exact) mass is 312 g/mol. The maximum absolute atomic E-state index is 11.8. The predicted molar refractivity (Wildman–Crippen MR) is 66.4 cm³/mol. The molecule has 0 atom stereocenters. The van der Waals surface area contributed by atoms with Gasteiger partial charge in [0, 0.05) is 17.0 Å². The van der Waals surface area contributed by atoms with Gasteiger partial charge in [-0.1, -0.05) is 15.9 Å². The van der Waals surface area contributed by atoms with Gasteiger partial charge in [-0.2, -0.15) is 5.26 Å². The summed E-state index contributed by atoms with van der Waals surface area (Å²) in [6, 6.07) is 4.34. The van der Waals surface area contributed by atoms with Gasteiger partial charge >= 0.3 is 5.97 Å². The van der Waals surface area contributed by atoms with E-state index < -0.39 is 10.9 Å². The van der Waals surface area contributed by atoms with E-state index in [4.69, 9.17) is 10.00 Å². The number of ether oxygens (including phenoxy) is 1. The zero-order chi connectivity index (χ0) is 13.7. The van der Waals surface area contributed by atoms with Crippen molar-refractivity contribution in [1.82, 2.24) is 0 Å². The van der Waals surface area contributed by atoms with Gasteiger partial charge in [0.25, 0.3) is 5.69 Å². The highest BCUT2D eigenvalue weighted by atomic mass is 79.9. The smallest absolute Gasteiger partial charge is 0.345 e. The number of nitro groups is 1. The molecule has 0 radical (unpaired) electrons. The molecule has 0 N–H and O–H groups in total. The van der Waals surface area contributed by atoms with Crippen LogP contribution in [-0.2, 0) is 10.1 Å². The molecule has 0 aliphatic carbocycles. The number of carbonyl (C=O) groups is 1. The lowest BCUT2D eigenvalue weighted by atomic mass is 10.0. The van der Waals surface area contributed by atoms with E-state index in [9.17, 15) is 14.9 Å². The number of halogens is 1. The molecule has 18 heavy (non-hydrogen) atoms. The molecular weight excluding hydrogens is 304 g/mol. The first-order valence-corrected chi connectivity index (χ1v) is 6.12. The van der Waals surface area contributed by atoms with E-state index in [1.54, 1.807) is 6.92 Å². The molecule has 6 nitrogen and oxygen atoms in total. The van der Waals surface area contributed by atoms with E-state index in [1.165, 1.54) is 6.07 Å². The Labute approximate surface area is 111 Å². The van der Waals surface area contributed by atoms with Crippen molar-refractivity contribution in [2.24, 2.45) is 0 Å². The van der Waals surface area contributed by atoms with Gasteiger partial charge in [0.2, 0.25) is 0 Å². The normalized spacial score (nSPS) is 9.61. The number of hydrogen-bond donors (Lipinski definition) is 0. The van der Waals surface area contributed by atoms with Crippen LogP contribution in [0.2, 0.25) is 0 Å². The summed E-state index contributed by atoms with van der Waals surface area (Å²) in [6.07, 6.45) is 0. The molecule has 0 bridgehead atoms. The Balaban J connectivity index is 3.54. The Morgan fingerprint density at radius 1 is 1.61 bits per heavy atom. The van der Waals surface area contributed by atoms with E-state index in [0.29, 0.717) is 0 Å². The summed E-state index contributed by atoms with van der Waals surface area (Å²) in [4.78, 5) is 22.0. The lowest BCUT2D eigenvalue weighted by molar-refractivity contribution is -0.385. The van der Waals surface area contributed by atoms with Crippen molar-refractivity contribution < 1.29 is 14.5 Å². The maximum Gasteiger partial charge on any atom is 0.345 e. The number of nitro benzene ring substituents is 1. The third kappa shape index (κ3) is 2.65. The molecule has 0 spiro atoms. The zero-order valence-corrected chi connectivity index (χ0v) is 11.1. The molecule has 0 heterocycles. The largest absolute Gasteiger partial charge is 0.462 e. The number of nitrogens with zero attached hydrogens (tertiary/aromatic N) is 2. The van der Waals surface area contributed by atoms with Crippen LogP contribution in [0.5, 0.6) is 0 Å². The number of rotatable bonds is 4. The van der Waals surface area contributed by atoms with E-state index >= 15 is 0 Å². The van der Waals surface area contributed by atoms with E-state index in [0.717, 1.165) is 6.07 Å². The lowest BCUT2D eigenvalue weighted by Crippen LogP contribution is -2.12. The third-order valence-electron chi connectivity index (χ3n) is 2.22. The number of benzene rings is 1. The fourth-order valence-electron chi connectivity index (χ4n) is 1.46. The van der Waals surface area contributed by atoms with Crippen molar-refractivity contribution in [2.45, 2.75) is 12.3 Å². The average molecular weight is 313 g/mol. The van der Waals surface area contributed by atoms with Gasteiger partial charge in [-0.05, 0) is 13.0 Å². The van der Waals surface area contributed by atoms with Crippen LogP contribution in [0, 0.1) is 21.4 Å². The zero-order valence-electron chi connectivity index (χ0n) is 9.47. The first-order chi connectivity index (χ1) is 8.56. The van der Waals surface area contributed by atoms with Crippen LogP contribution in [0.1, 0.15) is 28.4 Å². The van der Waals surface area contributed by atoms with E-state index in [1.807, 2.05) is 6.07 Å². The molecule has 0 unspecified atom stereocenters. The molecule has 1 aromatic rings. The van der Waals surface area contributed by atoms with E-state index in [-0.39, 0.29) is 34.3 Å². The maximum atomic E-state index is 11.8. The van der Waals surface area contributed by atoms with Crippen molar-refractivity contribution in [3.63, 3.8) is 0 Å². The summed E-state index contributed by atoms with van der Waals surface area (Å²) in [5.74, 6) is -0.796. The number of hydrogen-bond acceptors (Lipinski definition) is 5. The molecule has 0 fully saturated rings. The van der Waals surface area contributed by atoms with Crippen LogP contribution in [0.25, 0.3) is 0 Å². The first kappa shape index (κ1) is 14.1. The summed E-state index contributed by atoms with van der Waals surface area (Å²) >= 11 is 3.12. The molecule has 0 aromatic heterocycles. The second kappa shape index (κ2) is 6.12. The van der Waals surface area contributed by atoms with Crippen molar-refractivity contribution >= 4 is 27.6 Å². The second-order valence-corrected chi connectivity index (χ2v) is 3.77. The molecule has 0 aliphatic rings. The summed E-state index contributed by atoms with van der Waals surface area (Å²) in [7, 11) is 0. The minimum Gasteiger partial charge on any atom is -0.462 e. The van der Waals surface area contributed by atoms with Gasteiger partial charge in [0.1, 0.15) is 5.56 Å². The van der Waals surface area contributed by atoms with Crippen LogP contribution in [0.4, 0.5) is 5.69 Å². The molecular formula is C11H9BrN2O4. The fourth-order valence-corrected chi connectivity index (χ4v) is 2.04. The van der Waals surface area contributed by atoms with Crippen LogP contribution < -0.4 is 0 Å². The number of nitriles is 1. The molecule has 94 valence electrons. The van der Waals surface area contributed by atoms with Crippen LogP contribution in [-0.4, -0.2) is 17.5 Å². The highest BCUT2D eigenvalue weighted by Gasteiger charge is 2.26. The van der Waals surface area contributed by atoms with Crippen LogP contribution in [0.15, 0.2) is 12.1 Å². The minimum absolute atomic E-state index is 0.106. The molecule has 1 aromatic carbocycles. The third-order valence-corrected chi connectivity index (χ3v) is 2.78. The standard InChI is InChI=1S/C11H9BrN2O4/c1-2-18-11(15)10-8(5-12)7(6-13)3-4-9(10)14(16)17/h3-4H,2,5H2,1H3. The number of carbonyl (C=O) groups excluding carboxylic acids is 1. The first-order valence-electron chi connectivity index (χ1n) is 5.00. The SMILES string of the molecule is CCOC(=O)c1c([N+](=O)[O-])ccc(C#N)c1CBr. The van der Waals surface area contributed by atoms with E-state index in [2.05, 4.69) is 15.9 Å². The highest BCUT2D eigenvalue weighted by Crippen LogP contribution is 2.28. The van der Waals surface area contributed by atoms with Crippen molar-refractivity contribution in [1.29, 1.82) is 5.26 Å². The quantitative estimate of drug-likeness (QED) is 0.368. The van der Waals surface area contributed by atoms with Gasteiger partial charge in [0.05, 0.1) is 23.2 Å². The van der Waals surface area contributed by atoms with Crippen molar-refractivity contribution in [3.8, 4) is 6.07 Å². The van der Waals surface area contributed by atoms with Gasteiger partial charge in [-0.3, -0.25) is 10.1 Å². The summed E-state index contributed by atoms with van der Waals surface area (Å²) in [6.45, 7) is 1.71. The summed E-state index contributed by atoms with van der Waals surface area (Å²) < 4.78 is 4.79. The Bertz CT molecular complexity index is 537. The molecule has 0 amide bonds. The molecule has 7 heteroatoms. The Kier molecular flexibility index (Phi) is 4.80. The topological polar surface area (TPSA) is 93.2 Å². The van der Waals surface area contributed by atoms with Gasteiger partial charge in [-0.15, -0.1) is 0 Å². The average Bonchev–Trinajstić information content (AvgIpc) is 2.36. The minimum atomic E-state index is -0.796. The van der Waals surface area contributed by atoms with Gasteiger partial charge < -0.3 is 4.74 Å². The molecule has 1 rings (SSSR count). The summed E-state index contributed by atoms with van der Waals surface area (Å²) in [5.41, 5.74) is -0.0506. The van der Waals surface area contributed by atoms with Gasteiger partial charge in [0.15, 0.2) is 0 Å². The Morgan fingerprint density at radius 2 is 2.28 bits per heavy atom. The molecule has 0 saturated carbocycles. The molecule has 0 aliphatic heterocycles. The highest BCUT2D eigenvalue weighted by molar-refractivity contribution is 9.08. The molecule has 0 saturated heterocycles. The number of esters is 1. The Hall–Kier alpha value is -1.94. The lowest BCUT2D eigenvalue weighted by Gasteiger charge is -2.08.